The lowest BCUT2D eigenvalue weighted by Crippen LogP contribution is -2.29. The van der Waals surface area contributed by atoms with Gasteiger partial charge in [0.2, 0.25) is 0 Å². The van der Waals surface area contributed by atoms with Crippen LogP contribution in [0.5, 0.6) is 5.75 Å². The molecule has 1 aromatic rings. The summed E-state index contributed by atoms with van der Waals surface area (Å²) in [5, 5.41) is 12.2. The van der Waals surface area contributed by atoms with E-state index in [4.69, 9.17) is 5.11 Å². The van der Waals surface area contributed by atoms with Crippen LogP contribution >= 0.6 is 0 Å². The summed E-state index contributed by atoms with van der Waals surface area (Å²) in [6, 6.07) is 6.99. The Hall–Kier alpha value is -1.09. The van der Waals surface area contributed by atoms with Crippen molar-refractivity contribution in [1.82, 2.24) is 5.32 Å². The largest absolute Gasteiger partial charge is 0.508 e. The smallest absolute Gasteiger partial charge is 0.124 e. The van der Waals surface area contributed by atoms with Crippen molar-refractivity contribution in [2.75, 3.05) is 13.1 Å². The molecule has 0 amide bonds. The number of halogens is 1. The Kier molecular flexibility index (Phi) is 2.65. The van der Waals surface area contributed by atoms with Gasteiger partial charge in [-0.3, -0.25) is 0 Å². The molecule has 2 rings (SSSR count). The Morgan fingerprint density at radius 1 is 1.47 bits per heavy atom. The van der Waals surface area contributed by atoms with Crippen molar-refractivity contribution in [3.63, 3.8) is 0 Å². The number of aromatic hydroxyl groups is 1. The molecule has 0 bridgehead atoms. The standard InChI is InChI=1S/C12H16FNO/c1-12(13)8-14-7-10(12)6-9-2-4-11(15)5-3-9/h2-5,10,14-15H,6-8H2,1H3. The molecule has 0 saturated carbocycles. The lowest BCUT2D eigenvalue weighted by Gasteiger charge is -2.21. The van der Waals surface area contributed by atoms with E-state index in [1.165, 1.54) is 0 Å². The fourth-order valence-corrected chi connectivity index (χ4v) is 2.05. The van der Waals surface area contributed by atoms with Gasteiger partial charge in [0.05, 0.1) is 0 Å². The summed E-state index contributed by atoms with van der Waals surface area (Å²) >= 11 is 0. The zero-order valence-corrected chi connectivity index (χ0v) is 8.83. The summed E-state index contributed by atoms with van der Waals surface area (Å²) < 4.78 is 13.9. The van der Waals surface area contributed by atoms with Gasteiger partial charge < -0.3 is 10.4 Å². The van der Waals surface area contributed by atoms with Crippen LogP contribution in [0.2, 0.25) is 0 Å². The molecule has 1 aromatic carbocycles. The lowest BCUT2D eigenvalue weighted by atomic mass is 9.89. The minimum Gasteiger partial charge on any atom is -0.508 e. The second-order valence-electron chi connectivity index (χ2n) is 4.48. The third-order valence-electron chi connectivity index (χ3n) is 3.13. The molecule has 3 heteroatoms. The molecule has 82 valence electrons. The van der Waals surface area contributed by atoms with Gasteiger partial charge in [0.1, 0.15) is 11.4 Å². The van der Waals surface area contributed by atoms with E-state index in [-0.39, 0.29) is 11.7 Å². The number of nitrogens with one attached hydrogen (secondary N) is 1. The average Bonchev–Trinajstić information content (AvgIpc) is 2.50. The van der Waals surface area contributed by atoms with Crippen molar-refractivity contribution in [3.05, 3.63) is 29.8 Å². The minimum absolute atomic E-state index is 0.0297. The van der Waals surface area contributed by atoms with E-state index in [1.54, 1.807) is 19.1 Å². The molecular formula is C12H16FNO. The topological polar surface area (TPSA) is 32.3 Å². The van der Waals surface area contributed by atoms with Crippen molar-refractivity contribution in [2.24, 2.45) is 5.92 Å². The van der Waals surface area contributed by atoms with Crippen LogP contribution in [0.15, 0.2) is 24.3 Å². The second kappa shape index (κ2) is 3.81. The highest BCUT2D eigenvalue weighted by atomic mass is 19.1. The van der Waals surface area contributed by atoms with Crippen LogP contribution in [-0.2, 0) is 6.42 Å². The van der Waals surface area contributed by atoms with Crippen LogP contribution in [0.3, 0.4) is 0 Å². The SMILES string of the molecule is CC1(F)CNCC1Cc1ccc(O)cc1. The molecule has 1 fully saturated rings. The molecule has 0 radical (unpaired) electrons. The second-order valence-corrected chi connectivity index (χ2v) is 4.48. The van der Waals surface area contributed by atoms with E-state index in [2.05, 4.69) is 5.32 Å². The first-order valence-electron chi connectivity index (χ1n) is 5.25. The minimum atomic E-state index is -1.11. The summed E-state index contributed by atoms with van der Waals surface area (Å²) in [6.07, 6.45) is 0.722. The van der Waals surface area contributed by atoms with Crippen molar-refractivity contribution in [3.8, 4) is 5.75 Å². The van der Waals surface area contributed by atoms with Gasteiger partial charge in [0, 0.05) is 19.0 Å². The fourth-order valence-electron chi connectivity index (χ4n) is 2.05. The highest BCUT2D eigenvalue weighted by Crippen LogP contribution is 2.29. The van der Waals surface area contributed by atoms with Crippen LogP contribution in [0.4, 0.5) is 4.39 Å². The first kappa shape index (κ1) is 10.4. The Bertz CT molecular complexity index is 334. The molecule has 2 unspecified atom stereocenters. The zero-order chi connectivity index (χ0) is 10.9. The van der Waals surface area contributed by atoms with E-state index < -0.39 is 5.67 Å². The maximum Gasteiger partial charge on any atom is 0.124 e. The molecule has 1 heterocycles. The number of rotatable bonds is 2. The maximum absolute atomic E-state index is 13.9. The van der Waals surface area contributed by atoms with Crippen molar-refractivity contribution in [2.45, 2.75) is 19.0 Å². The van der Waals surface area contributed by atoms with Crippen LogP contribution in [0.25, 0.3) is 0 Å². The average molecular weight is 209 g/mol. The summed E-state index contributed by atoms with van der Waals surface area (Å²) in [6.45, 7) is 2.82. The van der Waals surface area contributed by atoms with Crippen molar-refractivity contribution in [1.29, 1.82) is 0 Å². The molecule has 2 nitrogen and oxygen atoms in total. The summed E-state index contributed by atoms with van der Waals surface area (Å²) in [5.41, 5.74) is -0.0388. The summed E-state index contributed by atoms with van der Waals surface area (Å²) in [4.78, 5) is 0. The van der Waals surface area contributed by atoms with E-state index in [1.807, 2.05) is 12.1 Å². The van der Waals surface area contributed by atoms with Gasteiger partial charge in [-0.2, -0.15) is 0 Å². The molecular weight excluding hydrogens is 193 g/mol. The molecule has 1 aliphatic rings. The predicted octanol–water partition coefficient (Wildman–Crippen LogP) is 1.88. The molecule has 15 heavy (non-hydrogen) atoms. The Balaban J connectivity index is 2.06. The van der Waals surface area contributed by atoms with Gasteiger partial charge in [-0.1, -0.05) is 12.1 Å². The zero-order valence-electron chi connectivity index (χ0n) is 8.83. The number of alkyl halides is 1. The highest BCUT2D eigenvalue weighted by molar-refractivity contribution is 5.26. The van der Waals surface area contributed by atoms with E-state index >= 15 is 0 Å². The molecule has 1 aliphatic heterocycles. The summed E-state index contributed by atoms with van der Waals surface area (Å²) in [7, 11) is 0. The number of benzene rings is 1. The van der Waals surface area contributed by atoms with Gasteiger partial charge in [0.15, 0.2) is 0 Å². The van der Waals surface area contributed by atoms with Crippen LogP contribution in [0, 0.1) is 5.92 Å². The Labute approximate surface area is 89.1 Å². The van der Waals surface area contributed by atoms with Gasteiger partial charge in [0.25, 0.3) is 0 Å². The van der Waals surface area contributed by atoms with Gasteiger partial charge in [-0.15, -0.1) is 0 Å². The number of hydrogen-bond donors (Lipinski definition) is 2. The van der Waals surface area contributed by atoms with Crippen molar-refractivity contribution >= 4 is 0 Å². The monoisotopic (exact) mass is 209 g/mol. The first-order chi connectivity index (χ1) is 7.08. The van der Waals surface area contributed by atoms with Gasteiger partial charge >= 0.3 is 0 Å². The quantitative estimate of drug-likeness (QED) is 0.779. The van der Waals surface area contributed by atoms with Gasteiger partial charge in [-0.25, -0.2) is 4.39 Å². The molecule has 0 spiro atoms. The summed E-state index contributed by atoms with van der Waals surface area (Å²) in [5.74, 6) is 0.286. The van der Waals surface area contributed by atoms with Crippen molar-refractivity contribution < 1.29 is 9.50 Å². The van der Waals surface area contributed by atoms with Gasteiger partial charge in [-0.05, 0) is 31.0 Å². The Morgan fingerprint density at radius 2 is 2.13 bits per heavy atom. The van der Waals surface area contributed by atoms with E-state index in [0.29, 0.717) is 6.54 Å². The normalized spacial score (nSPS) is 30.7. The third kappa shape index (κ3) is 2.29. The van der Waals surface area contributed by atoms with Crippen LogP contribution in [-0.4, -0.2) is 23.9 Å². The molecule has 0 aliphatic carbocycles. The molecule has 2 atom stereocenters. The number of phenols is 1. The first-order valence-corrected chi connectivity index (χ1v) is 5.25. The van der Waals surface area contributed by atoms with Crippen LogP contribution < -0.4 is 5.32 Å². The predicted molar refractivity (Wildman–Crippen MR) is 57.7 cm³/mol. The fraction of sp³-hybridized carbons (Fsp3) is 0.500. The number of phenolic OH excluding ortho intramolecular Hbond substituents is 1. The molecule has 1 saturated heterocycles. The highest BCUT2D eigenvalue weighted by Gasteiger charge is 2.38. The molecule has 2 N–H and O–H groups in total. The third-order valence-corrected chi connectivity index (χ3v) is 3.13. The molecule has 0 aromatic heterocycles. The lowest BCUT2D eigenvalue weighted by molar-refractivity contribution is 0.152. The van der Waals surface area contributed by atoms with Crippen LogP contribution in [0.1, 0.15) is 12.5 Å². The Morgan fingerprint density at radius 3 is 2.67 bits per heavy atom. The van der Waals surface area contributed by atoms with E-state index in [0.717, 1.165) is 18.5 Å². The maximum atomic E-state index is 13.9. The van der Waals surface area contributed by atoms with E-state index in [9.17, 15) is 4.39 Å². The number of hydrogen-bond acceptors (Lipinski definition) is 2.